The molecule has 3 aromatic carbocycles. The van der Waals surface area contributed by atoms with Crippen LogP contribution in [0.15, 0.2) is 90.5 Å². The highest BCUT2D eigenvalue weighted by atomic mass is 32.2. The number of benzene rings is 3. The van der Waals surface area contributed by atoms with Gasteiger partial charge < -0.3 is 20.7 Å². The maximum absolute atomic E-state index is 13.1. The number of aromatic nitrogens is 3. The Kier molecular flexibility index (Phi) is 8.12. The molecule has 5 rings (SSSR count). The summed E-state index contributed by atoms with van der Waals surface area (Å²) in [7, 11) is 1.54. The van der Waals surface area contributed by atoms with Crippen molar-refractivity contribution < 1.29 is 14.7 Å². The lowest BCUT2D eigenvalue weighted by molar-refractivity contribution is -0.127. The number of fused-ring (bicyclic) bond motifs is 1. The van der Waals surface area contributed by atoms with E-state index >= 15 is 0 Å². The minimum absolute atomic E-state index is 0.117. The van der Waals surface area contributed by atoms with E-state index < -0.39 is 6.04 Å². The van der Waals surface area contributed by atoms with Crippen LogP contribution in [-0.2, 0) is 16.0 Å². The predicted octanol–water partition coefficient (Wildman–Crippen LogP) is 4.87. The van der Waals surface area contributed by atoms with Crippen LogP contribution in [-0.4, -0.2) is 50.7 Å². The number of aryl methyl sites for hydroxylation is 1. The molecule has 2 heterocycles. The molecule has 4 N–H and O–H groups in total. The van der Waals surface area contributed by atoms with Crippen LogP contribution < -0.4 is 10.6 Å². The number of phenols is 1. The largest absolute Gasteiger partial charge is 0.508 e. The highest BCUT2D eigenvalue weighted by Crippen LogP contribution is 2.38. The number of carbonyl (C=O) groups is 2. The van der Waals surface area contributed by atoms with Crippen molar-refractivity contribution in [1.29, 1.82) is 0 Å². The Labute approximate surface area is 236 Å². The lowest BCUT2D eigenvalue weighted by Gasteiger charge is -2.18. The molecule has 0 spiro atoms. The van der Waals surface area contributed by atoms with E-state index in [0.717, 1.165) is 49.2 Å². The fraction of sp³-hybridized carbons (Fsp3) is 0.161. The second-order valence-corrected chi connectivity index (χ2v) is 10.5. The van der Waals surface area contributed by atoms with E-state index in [-0.39, 0.29) is 29.7 Å². The lowest BCUT2D eigenvalue weighted by Crippen LogP contribution is -2.47. The quantitative estimate of drug-likeness (QED) is 0.194. The minimum Gasteiger partial charge on any atom is -0.508 e. The summed E-state index contributed by atoms with van der Waals surface area (Å²) in [5, 5.41) is 17.7. The lowest BCUT2D eigenvalue weighted by atomic mass is 9.98. The Hall–Kier alpha value is -4.63. The normalized spacial score (nSPS) is 11.8. The van der Waals surface area contributed by atoms with E-state index in [1.165, 1.54) is 18.8 Å². The number of amides is 2. The summed E-state index contributed by atoms with van der Waals surface area (Å²) in [6.07, 6.45) is 7.26. The standard InChI is InChI=1S/C31H29N5O3S/c1-19-7-8-20(12-27(19)37)11-25(31(39)32-2)36-29(38)17-40-28-10-9-21-5-3-4-6-24(21)30(28)23-13-22(14-33-15-23)26-16-34-18-35-26/h3-10,12-16,18,25,37H,11,17H2,1-2H3,(H,32,39)(H,34,35)(H,36,38)/t25-/m0/s1. The molecule has 0 aliphatic rings. The minimum atomic E-state index is -0.772. The summed E-state index contributed by atoms with van der Waals surface area (Å²) in [5.41, 5.74) is 5.19. The van der Waals surface area contributed by atoms with Gasteiger partial charge in [0.15, 0.2) is 0 Å². The van der Waals surface area contributed by atoms with Gasteiger partial charge in [0.05, 0.1) is 24.0 Å². The van der Waals surface area contributed by atoms with Gasteiger partial charge in [0, 0.05) is 47.4 Å². The molecule has 0 unspecified atom stereocenters. The Morgan fingerprint density at radius 1 is 1.00 bits per heavy atom. The van der Waals surface area contributed by atoms with Crippen LogP contribution in [0, 0.1) is 6.92 Å². The van der Waals surface area contributed by atoms with Gasteiger partial charge in [-0.05, 0) is 47.0 Å². The second-order valence-electron chi connectivity index (χ2n) is 9.44. The van der Waals surface area contributed by atoms with Gasteiger partial charge in [-0.15, -0.1) is 11.8 Å². The first-order chi connectivity index (χ1) is 19.4. The van der Waals surface area contributed by atoms with Crippen molar-refractivity contribution in [1.82, 2.24) is 25.6 Å². The number of carbonyl (C=O) groups excluding carboxylic acids is 2. The molecule has 0 radical (unpaired) electrons. The number of imidazole rings is 1. The monoisotopic (exact) mass is 551 g/mol. The van der Waals surface area contributed by atoms with Crippen LogP contribution in [0.4, 0.5) is 0 Å². The van der Waals surface area contributed by atoms with Gasteiger partial charge in [0.2, 0.25) is 11.8 Å². The molecule has 202 valence electrons. The van der Waals surface area contributed by atoms with Crippen molar-refractivity contribution in [2.75, 3.05) is 12.8 Å². The zero-order valence-corrected chi connectivity index (χ0v) is 23.0. The number of phenolic OH excluding ortho intramolecular Hbond substituents is 1. The number of aromatic amines is 1. The number of rotatable bonds is 9. The van der Waals surface area contributed by atoms with Gasteiger partial charge in [0.25, 0.3) is 0 Å². The topological polar surface area (TPSA) is 120 Å². The first kappa shape index (κ1) is 27.0. The molecule has 5 aromatic rings. The number of nitrogens with one attached hydrogen (secondary N) is 3. The summed E-state index contributed by atoms with van der Waals surface area (Å²) < 4.78 is 0. The van der Waals surface area contributed by atoms with Gasteiger partial charge >= 0.3 is 0 Å². The molecule has 0 saturated carbocycles. The molecular weight excluding hydrogens is 522 g/mol. The van der Waals surface area contributed by atoms with E-state index in [1.54, 1.807) is 37.8 Å². The predicted molar refractivity (Wildman–Crippen MR) is 158 cm³/mol. The molecule has 0 aliphatic carbocycles. The highest BCUT2D eigenvalue weighted by Gasteiger charge is 2.21. The molecule has 8 nitrogen and oxygen atoms in total. The van der Waals surface area contributed by atoms with Gasteiger partial charge in [-0.3, -0.25) is 14.6 Å². The van der Waals surface area contributed by atoms with Crippen molar-refractivity contribution >= 4 is 34.3 Å². The first-order valence-corrected chi connectivity index (χ1v) is 13.8. The molecule has 2 amide bonds. The SMILES string of the molecule is CNC(=O)[C@H](Cc1ccc(C)c(O)c1)NC(=O)CSc1ccc2ccccc2c1-c1cncc(-c2cnc[nH]2)c1. The van der Waals surface area contributed by atoms with Crippen LogP contribution in [0.25, 0.3) is 33.2 Å². The number of nitrogens with zero attached hydrogens (tertiary/aromatic N) is 2. The maximum atomic E-state index is 13.1. The number of H-pyrrole nitrogens is 1. The van der Waals surface area contributed by atoms with E-state index in [0.29, 0.717) is 0 Å². The Bertz CT molecular complexity index is 1670. The number of aromatic hydroxyl groups is 1. The Morgan fingerprint density at radius 2 is 1.82 bits per heavy atom. The van der Waals surface area contributed by atoms with E-state index in [9.17, 15) is 14.7 Å². The molecular formula is C31H29N5O3S. The van der Waals surface area contributed by atoms with Crippen molar-refractivity contribution in [2.24, 2.45) is 0 Å². The summed E-state index contributed by atoms with van der Waals surface area (Å²) in [4.78, 5) is 38.3. The number of thioether (sulfide) groups is 1. The average molecular weight is 552 g/mol. The third kappa shape index (κ3) is 6.00. The molecule has 0 bridgehead atoms. The second kappa shape index (κ2) is 12.0. The molecule has 2 aromatic heterocycles. The van der Waals surface area contributed by atoms with E-state index in [4.69, 9.17) is 0 Å². The molecule has 1 atom stereocenters. The first-order valence-electron chi connectivity index (χ1n) is 12.8. The number of likely N-dealkylation sites (N-methyl/N-ethyl adjacent to an activating group) is 1. The zero-order chi connectivity index (χ0) is 28.1. The van der Waals surface area contributed by atoms with Crippen molar-refractivity contribution in [3.05, 3.63) is 96.7 Å². The third-order valence-corrected chi connectivity index (χ3v) is 7.75. The summed E-state index contributed by atoms with van der Waals surface area (Å²) in [6.45, 7) is 1.80. The van der Waals surface area contributed by atoms with E-state index in [1.807, 2.05) is 36.5 Å². The van der Waals surface area contributed by atoms with E-state index in [2.05, 4.69) is 43.8 Å². The average Bonchev–Trinajstić information content (AvgIpc) is 3.52. The molecule has 0 aliphatic heterocycles. The summed E-state index contributed by atoms with van der Waals surface area (Å²) >= 11 is 1.41. The number of hydrogen-bond donors (Lipinski definition) is 4. The molecule has 0 fully saturated rings. The fourth-order valence-corrected chi connectivity index (χ4v) is 5.49. The van der Waals surface area contributed by atoms with Gasteiger partial charge in [-0.1, -0.05) is 42.5 Å². The molecule has 9 heteroatoms. The van der Waals surface area contributed by atoms with Crippen LogP contribution in [0.1, 0.15) is 11.1 Å². The Balaban J connectivity index is 1.39. The van der Waals surface area contributed by atoms with Crippen LogP contribution in [0.5, 0.6) is 5.75 Å². The van der Waals surface area contributed by atoms with Crippen molar-refractivity contribution in [2.45, 2.75) is 24.3 Å². The van der Waals surface area contributed by atoms with Crippen LogP contribution in [0.3, 0.4) is 0 Å². The summed E-state index contributed by atoms with van der Waals surface area (Å²) in [5.74, 6) is -0.291. The van der Waals surface area contributed by atoms with Crippen molar-refractivity contribution in [3.8, 4) is 28.1 Å². The van der Waals surface area contributed by atoms with Gasteiger partial charge in [-0.2, -0.15) is 0 Å². The number of hydrogen-bond acceptors (Lipinski definition) is 6. The zero-order valence-electron chi connectivity index (χ0n) is 22.1. The third-order valence-electron chi connectivity index (χ3n) is 6.70. The van der Waals surface area contributed by atoms with Gasteiger partial charge in [-0.25, -0.2) is 4.98 Å². The van der Waals surface area contributed by atoms with Crippen LogP contribution >= 0.6 is 11.8 Å². The van der Waals surface area contributed by atoms with Crippen molar-refractivity contribution in [3.63, 3.8) is 0 Å². The fourth-order valence-electron chi connectivity index (χ4n) is 4.59. The Morgan fingerprint density at radius 3 is 2.60 bits per heavy atom. The maximum Gasteiger partial charge on any atom is 0.242 e. The number of pyridine rings is 1. The van der Waals surface area contributed by atoms with Gasteiger partial charge in [0.1, 0.15) is 11.8 Å². The highest BCUT2D eigenvalue weighted by molar-refractivity contribution is 8.00. The molecule has 40 heavy (non-hydrogen) atoms. The molecule has 0 saturated heterocycles. The smallest absolute Gasteiger partial charge is 0.242 e. The van der Waals surface area contributed by atoms with Crippen LogP contribution in [0.2, 0.25) is 0 Å². The summed E-state index contributed by atoms with van der Waals surface area (Å²) in [6, 6.07) is 18.7.